The highest BCUT2D eigenvalue weighted by Gasteiger charge is 2.29. The van der Waals surface area contributed by atoms with Gasteiger partial charge in [-0.1, -0.05) is 6.92 Å². The van der Waals surface area contributed by atoms with E-state index in [0.717, 1.165) is 43.1 Å². The van der Waals surface area contributed by atoms with Gasteiger partial charge in [0, 0.05) is 31.5 Å². The van der Waals surface area contributed by atoms with E-state index in [1.165, 1.54) is 0 Å². The third kappa shape index (κ3) is 3.06. The van der Waals surface area contributed by atoms with Gasteiger partial charge in [0.15, 0.2) is 0 Å². The summed E-state index contributed by atoms with van der Waals surface area (Å²) in [6.45, 7) is 3.75. The molecule has 2 rings (SSSR count). The van der Waals surface area contributed by atoms with Crippen LogP contribution in [-0.4, -0.2) is 33.1 Å². The van der Waals surface area contributed by atoms with Crippen LogP contribution in [0.3, 0.4) is 0 Å². The molecule has 0 radical (unpaired) electrons. The maximum atomic E-state index is 12.0. The lowest BCUT2D eigenvalue weighted by molar-refractivity contribution is -0.122. The Morgan fingerprint density at radius 3 is 2.80 bits per heavy atom. The Labute approximate surface area is 120 Å². The summed E-state index contributed by atoms with van der Waals surface area (Å²) in [7, 11) is 3.30. The standard InChI is InChI=1S/C16H23NO3/c1-4-5-15(18)12-8-9-17(11-12)14-7-6-13(19-2)10-16(14)20-3/h6-7,10,12H,4-5,8-9,11H2,1-3H3. The number of carbonyl (C=O) groups is 1. The lowest BCUT2D eigenvalue weighted by Crippen LogP contribution is -2.23. The molecular formula is C16H23NO3. The molecule has 0 saturated carbocycles. The molecule has 1 heterocycles. The molecule has 20 heavy (non-hydrogen) atoms. The predicted molar refractivity (Wildman–Crippen MR) is 79.8 cm³/mol. The normalized spacial score (nSPS) is 18.1. The van der Waals surface area contributed by atoms with Crippen molar-refractivity contribution in [2.75, 3.05) is 32.2 Å². The monoisotopic (exact) mass is 277 g/mol. The number of methoxy groups -OCH3 is 2. The average Bonchev–Trinajstić information content (AvgIpc) is 2.96. The molecule has 1 aliphatic rings. The van der Waals surface area contributed by atoms with E-state index in [1.807, 2.05) is 18.2 Å². The average molecular weight is 277 g/mol. The smallest absolute Gasteiger partial charge is 0.145 e. The molecule has 0 aliphatic carbocycles. The van der Waals surface area contributed by atoms with Gasteiger partial charge in [-0.3, -0.25) is 4.79 Å². The van der Waals surface area contributed by atoms with Gasteiger partial charge in [-0.25, -0.2) is 0 Å². The Hall–Kier alpha value is -1.71. The molecule has 1 aromatic rings. The molecule has 1 atom stereocenters. The van der Waals surface area contributed by atoms with Crippen LogP contribution in [0.15, 0.2) is 18.2 Å². The summed E-state index contributed by atoms with van der Waals surface area (Å²) in [4.78, 5) is 14.2. The molecule has 110 valence electrons. The van der Waals surface area contributed by atoms with E-state index in [1.54, 1.807) is 14.2 Å². The second-order valence-corrected chi connectivity index (χ2v) is 5.19. The fourth-order valence-electron chi connectivity index (χ4n) is 2.74. The van der Waals surface area contributed by atoms with E-state index in [0.29, 0.717) is 12.2 Å². The fourth-order valence-corrected chi connectivity index (χ4v) is 2.74. The summed E-state index contributed by atoms with van der Waals surface area (Å²) < 4.78 is 10.6. The van der Waals surface area contributed by atoms with Crippen LogP contribution >= 0.6 is 0 Å². The van der Waals surface area contributed by atoms with Crippen molar-refractivity contribution >= 4 is 11.5 Å². The van der Waals surface area contributed by atoms with Gasteiger partial charge in [0.1, 0.15) is 17.3 Å². The van der Waals surface area contributed by atoms with Crippen LogP contribution in [0.2, 0.25) is 0 Å². The topological polar surface area (TPSA) is 38.8 Å². The highest BCUT2D eigenvalue weighted by Crippen LogP contribution is 2.35. The molecule has 0 amide bonds. The fraction of sp³-hybridized carbons (Fsp3) is 0.562. The largest absolute Gasteiger partial charge is 0.497 e. The van der Waals surface area contributed by atoms with Gasteiger partial charge in [-0.15, -0.1) is 0 Å². The van der Waals surface area contributed by atoms with E-state index in [4.69, 9.17) is 9.47 Å². The van der Waals surface area contributed by atoms with E-state index in [2.05, 4.69) is 11.8 Å². The van der Waals surface area contributed by atoms with Crippen molar-refractivity contribution < 1.29 is 14.3 Å². The van der Waals surface area contributed by atoms with Crippen molar-refractivity contribution in [3.63, 3.8) is 0 Å². The first-order chi connectivity index (χ1) is 9.69. The molecular weight excluding hydrogens is 254 g/mol. The molecule has 0 aromatic heterocycles. The van der Waals surface area contributed by atoms with Crippen molar-refractivity contribution in [2.24, 2.45) is 5.92 Å². The van der Waals surface area contributed by atoms with E-state index in [-0.39, 0.29) is 5.92 Å². The van der Waals surface area contributed by atoms with E-state index in [9.17, 15) is 4.79 Å². The minimum Gasteiger partial charge on any atom is -0.497 e. The minimum absolute atomic E-state index is 0.168. The number of nitrogens with zero attached hydrogens (tertiary/aromatic N) is 1. The van der Waals surface area contributed by atoms with Crippen LogP contribution in [0.25, 0.3) is 0 Å². The number of hydrogen-bond acceptors (Lipinski definition) is 4. The molecule has 0 spiro atoms. The Bertz CT molecular complexity index is 473. The van der Waals surface area contributed by atoms with Crippen LogP contribution in [0.1, 0.15) is 26.2 Å². The third-order valence-electron chi connectivity index (χ3n) is 3.87. The maximum absolute atomic E-state index is 12.0. The molecule has 1 aromatic carbocycles. The number of hydrogen-bond donors (Lipinski definition) is 0. The van der Waals surface area contributed by atoms with Crippen molar-refractivity contribution in [3.8, 4) is 11.5 Å². The predicted octanol–water partition coefficient (Wildman–Crippen LogP) is 2.90. The van der Waals surface area contributed by atoms with E-state index < -0.39 is 0 Å². The maximum Gasteiger partial charge on any atom is 0.145 e. The Morgan fingerprint density at radius 2 is 2.15 bits per heavy atom. The number of benzene rings is 1. The van der Waals surface area contributed by atoms with Gasteiger partial charge >= 0.3 is 0 Å². The van der Waals surface area contributed by atoms with Crippen molar-refractivity contribution in [2.45, 2.75) is 26.2 Å². The molecule has 0 N–H and O–H groups in total. The van der Waals surface area contributed by atoms with Crippen LogP contribution in [0, 0.1) is 5.92 Å². The summed E-state index contributed by atoms with van der Waals surface area (Å²) in [6.07, 6.45) is 2.56. The molecule has 4 nitrogen and oxygen atoms in total. The Balaban J connectivity index is 2.11. The lowest BCUT2D eigenvalue weighted by Gasteiger charge is -2.21. The second-order valence-electron chi connectivity index (χ2n) is 5.19. The summed E-state index contributed by atoms with van der Waals surface area (Å²) in [5.41, 5.74) is 1.04. The number of ether oxygens (including phenoxy) is 2. The molecule has 1 unspecified atom stereocenters. The summed E-state index contributed by atoms with van der Waals surface area (Å²) >= 11 is 0. The van der Waals surface area contributed by atoms with Gasteiger partial charge in [-0.05, 0) is 25.0 Å². The van der Waals surface area contributed by atoms with Gasteiger partial charge in [0.25, 0.3) is 0 Å². The number of Topliss-reactive ketones (excluding diaryl/α,β-unsaturated/α-hetero) is 1. The van der Waals surface area contributed by atoms with Crippen molar-refractivity contribution in [1.29, 1.82) is 0 Å². The van der Waals surface area contributed by atoms with Crippen molar-refractivity contribution in [1.82, 2.24) is 0 Å². The summed E-state index contributed by atoms with van der Waals surface area (Å²) in [5.74, 6) is 2.14. The third-order valence-corrected chi connectivity index (χ3v) is 3.87. The SMILES string of the molecule is CCCC(=O)C1CCN(c2ccc(OC)cc2OC)C1. The molecule has 1 saturated heterocycles. The van der Waals surface area contributed by atoms with Gasteiger partial charge in [0.05, 0.1) is 19.9 Å². The van der Waals surface area contributed by atoms with Crippen LogP contribution in [-0.2, 0) is 4.79 Å². The molecule has 4 heteroatoms. The molecule has 1 aliphatic heterocycles. The summed E-state index contributed by atoms with van der Waals surface area (Å²) in [5, 5.41) is 0. The first-order valence-corrected chi connectivity index (χ1v) is 7.19. The van der Waals surface area contributed by atoms with E-state index >= 15 is 0 Å². The molecule has 0 bridgehead atoms. The number of carbonyl (C=O) groups excluding carboxylic acids is 1. The van der Waals surface area contributed by atoms with Crippen molar-refractivity contribution in [3.05, 3.63) is 18.2 Å². The lowest BCUT2D eigenvalue weighted by atomic mass is 10.00. The van der Waals surface area contributed by atoms with Crippen LogP contribution < -0.4 is 14.4 Å². The highest BCUT2D eigenvalue weighted by atomic mass is 16.5. The van der Waals surface area contributed by atoms with Gasteiger partial charge in [-0.2, -0.15) is 0 Å². The zero-order valence-corrected chi connectivity index (χ0v) is 12.5. The Morgan fingerprint density at radius 1 is 1.35 bits per heavy atom. The quantitative estimate of drug-likeness (QED) is 0.801. The number of rotatable bonds is 6. The first-order valence-electron chi connectivity index (χ1n) is 7.19. The Kier molecular flexibility index (Phi) is 4.88. The zero-order chi connectivity index (χ0) is 14.5. The van der Waals surface area contributed by atoms with Crippen LogP contribution in [0.4, 0.5) is 5.69 Å². The number of anilines is 1. The first kappa shape index (κ1) is 14.7. The van der Waals surface area contributed by atoms with Gasteiger partial charge < -0.3 is 14.4 Å². The number of ketones is 1. The second kappa shape index (κ2) is 6.64. The highest BCUT2D eigenvalue weighted by molar-refractivity contribution is 5.82. The zero-order valence-electron chi connectivity index (χ0n) is 12.5. The summed E-state index contributed by atoms with van der Waals surface area (Å²) in [6, 6.07) is 5.82. The molecule has 1 fully saturated rings. The van der Waals surface area contributed by atoms with Gasteiger partial charge in [0.2, 0.25) is 0 Å². The van der Waals surface area contributed by atoms with Crippen LogP contribution in [0.5, 0.6) is 11.5 Å². The minimum atomic E-state index is 0.168.